The summed E-state index contributed by atoms with van der Waals surface area (Å²) in [6.45, 7) is 12.9. The van der Waals surface area contributed by atoms with Gasteiger partial charge in [0.2, 0.25) is 14.7 Å². The molecular formula is C25H46O6P2. The third kappa shape index (κ3) is 9.76. The molecule has 192 valence electrons. The smallest absolute Gasteiger partial charge is 0.202 e. The summed E-state index contributed by atoms with van der Waals surface area (Å²) in [6.07, 6.45) is 6.52. The zero-order chi connectivity index (χ0) is 24.9. The summed E-state index contributed by atoms with van der Waals surface area (Å²) < 4.78 is 49.2. The van der Waals surface area contributed by atoms with Crippen LogP contribution in [0.5, 0.6) is 11.5 Å². The van der Waals surface area contributed by atoms with Crippen LogP contribution in [0, 0.1) is 5.92 Å². The minimum atomic E-state index is -2.66. The van der Waals surface area contributed by atoms with Gasteiger partial charge < -0.3 is 18.5 Å². The van der Waals surface area contributed by atoms with E-state index in [-0.39, 0.29) is 13.2 Å². The van der Waals surface area contributed by atoms with E-state index >= 15 is 0 Å². The van der Waals surface area contributed by atoms with Crippen molar-refractivity contribution < 1.29 is 27.7 Å². The van der Waals surface area contributed by atoms with Crippen LogP contribution in [-0.4, -0.2) is 38.4 Å². The first-order valence-electron chi connectivity index (χ1n) is 12.5. The Balaban J connectivity index is 3.22. The lowest BCUT2D eigenvalue weighted by atomic mass is 10.0. The number of ether oxygens (including phenoxy) is 2. The van der Waals surface area contributed by atoms with Crippen LogP contribution in [-0.2, 0) is 31.4 Å². The third-order valence-corrected chi connectivity index (χ3v) is 11.4. The number of unbranched alkanes of at least 4 members (excludes halogenated alkanes) is 1. The lowest BCUT2D eigenvalue weighted by molar-refractivity contribution is 0.223. The maximum absolute atomic E-state index is 12.8. The van der Waals surface area contributed by atoms with Crippen molar-refractivity contribution in [1.82, 2.24) is 0 Å². The molecule has 0 fully saturated rings. The standard InChI is InChI=1S/C25H46O6P2/c1-8-14-15-21(9-2)18-29-25-17-22(19-30-32(26,10-3)11-4)24(28-7)16-23(25)20-31-33(27,12-5)13-6/h16-17,21H,8-15,18-20H2,1-7H3. The van der Waals surface area contributed by atoms with Gasteiger partial charge in [0.25, 0.3) is 0 Å². The summed E-state index contributed by atoms with van der Waals surface area (Å²) in [6, 6.07) is 3.78. The molecule has 0 N–H and O–H groups in total. The van der Waals surface area contributed by atoms with Crippen molar-refractivity contribution in [3.8, 4) is 11.5 Å². The van der Waals surface area contributed by atoms with Crippen LogP contribution in [0.15, 0.2) is 12.1 Å². The van der Waals surface area contributed by atoms with E-state index in [1.807, 2.05) is 39.8 Å². The summed E-state index contributed by atoms with van der Waals surface area (Å²) >= 11 is 0. The second kappa shape index (κ2) is 15.2. The minimum Gasteiger partial charge on any atom is -0.496 e. The van der Waals surface area contributed by atoms with E-state index in [1.54, 1.807) is 7.11 Å². The van der Waals surface area contributed by atoms with Gasteiger partial charge >= 0.3 is 0 Å². The summed E-state index contributed by atoms with van der Waals surface area (Å²) in [5.41, 5.74) is 1.59. The van der Waals surface area contributed by atoms with Crippen LogP contribution in [0.3, 0.4) is 0 Å². The highest BCUT2D eigenvalue weighted by molar-refractivity contribution is 7.59. The fourth-order valence-electron chi connectivity index (χ4n) is 3.49. The van der Waals surface area contributed by atoms with Crippen LogP contribution in [0.4, 0.5) is 0 Å². The monoisotopic (exact) mass is 504 g/mol. The van der Waals surface area contributed by atoms with Crippen molar-refractivity contribution in [3.63, 3.8) is 0 Å². The molecule has 0 saturated heterocycles. The van der Waals surface area contributed by atoms with Crippen molar-refractivity contribution in [1.29, 1.82) is 0 Å². The average molecular weight is 505 g/mol. The summed E-state index contributed by atoms with van der Waals surface area (Å²) in [4.78, 5) is 0. The van der Waals surface area contributed by atoms with E-state index in [0.29, 0.717) is 48.7 Å². The molecule has 8 heteroatoms. The summed E-state index contributed by atoms with van der Waals surface area (Å²) in [5, 5.41) is 0. The molecule has 0 aliphatic rings. The van der Waals surface area contributed by atoms with Gasteiger partial charge in [-0.15, -0.1) is 0 Å². The fourth-order valence-corrected chi connectivity index (χ4v) is 5.86. The molecule has 0 aliphatic carbocycles. The second-order valence-corrected chi connectivity index (χ2v) is 14.7. The topological polar surface area (TPSA) is 71.1 Å². The third-order valence-electron chi connectivity index (χ3n) is 6.32. The largest absolute Gasteiger partial charge is 0.496 e. The molecule has 0 radical (unpaired) electrons. The molecule has 1 rings (SSSR count). The highest BCUT2D eigenvalue weighted by Crippen LogP contribution is 2.49. The maximum atomic E-state index is 12.8. The summed E-state index contributed by atoms with van der Waals surface area (Å²) in [5.74, 6) is 1.78. The van der Waals surface area contributed by atoms with Gasteiger partial charge in [0.05, 0.1) is 26.9 Å². The Labute approximate surface area is 202 Å². The lowest BCUT2D eigenvalue weighted by Crippen LogP contribution is -2.13. The van der Waals surface area contributed by atoms with E-state index in [9.17, 15) is 9.13 Å². The average Bonchev–Trinajstić information content (AvgIpc) is 2.86. The molecule has 1 unspecified atom stereocenters. The second-order valence-electron chi connectivity index (χ2n) is 8.44. The van der Waals surface area contributed by atoms with Crippen molar-refractivity contribution in [3.05, 3.63) is 23.3 Å². The minimum absolute atomic E-state index is 0.190. The number of benzene rings is 1. The van der Waals surface area contributed by atoms with Crippen LogP contribution in [0.25, 0.3) is 0 Å². The SMILES string of the molecule is CCCCC(CC)COc1cc(COP(=O)(CC)CC)c(OC)cc1COP(=O)(CC)CC. The van der Waals surface area contributed by atoms with Crippen molar-refractivity contribution in [2.75, 3.05) is 38.4 Å². The molecule has 0 saturated carbocycles. The van der Waals surface area contributed by atoms with Crippen molar-refractivity contribution >= 4 is 14.7 Å². The maximum Gasteiger partial charge on any atom is 0.202 e. The number of rotatable bonds is 18. The van der Waals surface area contributed by atoms with Crippen molar-refractivity contribution in [2.24, 2.45) is 5.92 Å². The van der Waals surface area contributed by atoms with E-state index in [1.165, 1.54) is 6.42 Å². The molecule has 33 heavy (non-hydrogen) atoms. The number of methoxy groups -OCH3 is 1. The molecule has 1 atom stereocenters. The molecular weight excluding hydrogens is 458 g/mol. The van der Waals surface area contributed by atoms with Gasteiger partial charge in [-0.1, -0.05) is 60.8 Å². The molecule has 6 nitrogen and oxygen atoms in total. The zero-order valence-corrected chi connectivity index (χ0v) is 23.6. The van der Waals surface area contributed by atoms with Gasteiger partial charge in [0, 0.05) is 35.8 Å². The molecule has 1 aromatic carbocycles. The quantitative estimate of drug-likeness (QED) is 0.189. The van der Waals surface area contributed by atoms with Crippen molar-refractivity contribution in [2.45, 2.75) is 80.4 Å². The highest BCUT2D eigenvalue weighted by Gasteiger charge is 2.22. The molecule has 0 spiro atoms. The molecule has 1 aromatic rings. The molecule has 0 heterocycles. The van der Waals surface area contributed by atoms with E-state index in [4.69, 9.17) is 18.5 Å². The summed E-state index contributed by atoms with van der Waals surface area (Å²) in [7, 11) is -3.71. The Morgan fingerprint density at radius 2 is 1.27 bits per heavy atom. The van der Waals surface area contributed by atoms with Crippen LogP contribution < -0.4 is 9.47 Å². The molecule has 0 aromatic heterocycles. The van der Waals surface area contributed by atoms with Gasteiger partial charge in [0.15, 0.2) is 0 Å². The van der Waals surface area contributed by atoms with Crippen LogP contribution in [0.2, 0.25) is 0 Å². The van der Waals surface area contributed by atoms with E-state index in [0.717, 1.165) is 30.4 Å². The first kappa shape index (κ1) is 30.2. The van der Waals surface area contributed by atoms with Gasteiger partial charge in [0.1, 0.15) is 11.5 Å². The molecule has 0 amide bonds. The van der Waals surface area contributed by atoms with Crippen LogP contribution >= 0.6 is 14.7 Å². The zero-order valence-electron chi connectivity index (χ0n) is 21.9. The lowest BCUT2D eigenvalue weighted by Gasteiger charge is -2.22. The normalized spacial score (nSPS) is 13.2. The molecule has 0 bridgehead atoms. The van der Waals surface area contributed by atoms with E-state index < -0.39 is 14.7 Å². The van der Waals surface area contributed by atoms with Crippen LogP contribution in [0.1, 0.15) is 78.4 Å². The highest BCUT2D eigenvalue weighted by atomic mass is 31.2. The molecule has 0 aliphatic heterocycles. The predicted octanol–water partition coefficient (Wildman–Crippen LogP) is 7.96. The Morgan fingerprint density at radius 3 is 1.70 bits per heavy atom. The van der Waals surface area contributed by atoms with Gasteiger partial charge in [-0.3, -0.25) is 9.13 Å². The number of hydrogen-bond donors (Lipinski definition) is 0. The Hall–Kier alpha value is -0.800. The van der Waals surface area contributed by atoms with E-state index in [2.05, 4.69) is 13.8 Å². The predicted molar refractivity (Wildman–Crippen MR) is 139 cm³/mol. The van der Waals surface area contributed by atoms with Gasteiger partial charge in [-0.05, 0) is 24.5 Å². The Morgan fingerprint density at radius 1 is 0.788 bits per heavy atom. The van der Waals surface area contributed by atoms with Gasteiger partial charge in [-0.25, -0.2) is 0 Å². The first-order chi connectivity index (χ1) is 15.7. The Kier molecular flexibility index (Phi) is 14.0. The first-order valence-corrected chi connectivity index (χ1v) is 16.5. The van der Waals surface area contributed by atoms with Gasteiger partial charge in [-0.2, -0.15) is 0 Å². The Bertz CT molecular complexity index is 779. The fraction of sp³-hybridized carbons (Fsp3) is 0.760. The number of hydrogen-bond acceptors (Lipinski definition) is 6.